The normalized spacial score (nSPS) is 20.8. The Balaban J connectivity index is 1.99. The number of aliphatic hydroxyl groups is 1. The molecule has 2 aromatic carbocycles. The van der Waals surface area contributed by atoms with Crippen molar-refractivity contribution in [3.05, 3.63) is 70.5 Å². The second-order valence-electron chi connectivity index (χ2n) is 5.78. The molecule has 0 saturated carbocycles. The molecular weight excluding hydrogens is 301 g/mol. The van der Waals surface area contributed by atoms with Gasteiger partial charge < -0.3 is 10.4 Å². The minimum Gasteiger partial charge on any atom is -0.391 e. The van der Waals surface area contributed by atoms with Gasteiger partial charge in [0.1, 0.15) is 5.82 Å². The van der Waals surface area contributed by atoms with Crippen LogP contribution in [0.5, 0.6) is 0 Å². The SMILES string of the molecule is O[C@@H](C1CCCN1)[C@H](c1ccc(Cl)cc1)c1cccc(F)c1. The minimum atomic E-state index is -0.606. The van der Waals surface area contributed by atoms with E-state index < -0.39 is 6.10 Å². The first-order valence-electron chi connectivity index (χ1n) is 7.57. The number of rotatable bonds is 4. The zero-order chi connectivity index (χ0) is 15.5. The molecule has 0 spiro atoms. The van der Waals surface area contributed by atoms with E-state index >= 15 is 0 Å². The Bertz CT molecular complexity index is 625. The fourth-order valence-corrected chi connectivity index (χ4v) is 3.32. The van der Waals surface area contributed by atoms with Crippen LogP contribution in [0.25, 0.3) is 0 Å². The van der Waals surface area contributed by atoms with Gasteiger partial charge >= 0.3 is 0 Å². The van der Waals surface area contributed by atoms with Crippen LogP contribution in [0.3, 0.4) is 0 Å². The highest BCUT2D eigenvalue weighted by Crippen LogP contribution is 2.32. The summed E-state index contributed by atoms with van der Waals surface area (Å²) >= 11 is 5.96. The molecule has 0 amide bonds. The summed E-state index contributed by atoms with van der Waals surface area (Å²) in [5.41, 5.74) is 1.72. The highest BCUT2D eigenvalue weighted by Gasteiger charge is 2.32. The van der Waals surface area contributed by atoms with E-state index in [1.54, 1.807) is 18.2 Å². The van der Waals surface area contributed by atoms with E-state index in [0.29, 0.717) is 5.02 Å². The van der Waals surface area contributed by atoms with E-state index in [4.69, 9.17) is 11.6 Å². The van der Waals surface area contributed by atoms with E-state index in [0.717, 1.165) is 30.5 Å². The number of nitrogens with one attached hydrogen (secondary N) is 1. The highest BCUT2D eigenvalue weighted by atomic mass is 35.5. The van der Waals surface area contributed by atoms with Crippen molar-refractivity contribution >= 4 is 11.6 Å². The molecule has 0 aliphatic carbocycles. The first kappa shape index (κ1) is 15.5. The molecule has 0 radical (unpaired) electrons. The fraction of sp³-hybridized carbons (Fsp3) is 0.333. The van der Waals surface area contributed by atoms with Crippen molar-refractivity contribution in [1.82, 2.24) is 5.32 Å². The zero-order valence-electron chi connectivity index (χ0n) is 12.2. The Hall–Kier alpha value is -1.42. The Morgan fingerprint density at radius 2 is 1.91 bits per heavy atom. The number of benzene rings is 2. The van der Waals surface area contributed by atoms with Crippen molar-refractivity contribution in [2.45, 2.75) is 30.9 Å². The van der Waals surface area contributed by atoms with Gasteiger partial charge in [-0.2, -0.15) is 0 Å². The smallest absolute Gasteiger partial charge is 0.123 e. The van der Waals surface area contributed by atoms with Gasteiger partial charge in [0.2, 0.25) is 0 Å². The Morgan fingerprint density at radius 1 is 1.14 bits per heavy atom. The van der Waals surface area contributed by atoms with Crippen LogP contribution in [-0.2, 0) is 0 Å². The quantitative estimate of drug-likeness (QED) is 0.900. The molecule has 0 bridgehead atoms. The van der Waals surface area contributed by atoms with Crippen LogP contribution in [-0.4, -0.2) is 23.8 Å². The van der Waals surface area contributed by atoms with Crippen molar-refractivity contribution in [3.63, 3.8) is 0 Å². The molecular formula is C18H19ClFNO. The lowest BCUT2D eigenvalue weighted by Gasteiger charge is -2.28. The Morgan fingerprint density at radius 3 is 2.55 bits per heavy atom. The zero-order valence-corrected chi connectivity index (χ0v) is 12.9. The van der Waals surface area contributed by atoms with Crippen LogP contribution in [0.2, 0.25) is 5.02 Å². The summed E-state index contributed by atoms with van der Waals surface area (Å²) in [5.74, 6) is -0.563. The molecule has 1 aliphatic heterocycles. The van der Waals surface area contributed by atoms with Crippen molar-refractivity contribution < 1.29 is 9.50 Å². The van der Waals surface area contributed by atoms with Crippen molar-refractivity contribution in [3.8, 4) is 0 Å². The highest BCUT2D eigenvalue weighted by molar-refractivity contribution is 6.30. The van der Waals surface area contributed by atoms with Gasteiger partial charge in [-0.3, -0.25) is 0 Å². The first-order valence-corrected chi connectivity index (χ1v) is 7.95. The van der Waals surface area contributed by atoms with Crippen LogP contribution in [0.1, 0.15) is 29.9 Å². The lowest BCUT2D eigenvalue weighted by atomic mass is 9.83. The summed E-state index contributed by atoms with van der Waals surface area (Å²) in [5, 5.41) is 14.8. The molecule has 3 rings (SSSR count). The monoisotopic (exact) mass is 319 g/mol. The van der Waals surface area contributed by atoms with Gasteiger partial charge in [-0.1, -0.05) is 35.9 Å². The van der Waals surface area contributed by atoms with E-state index in [1.807, 2.05) is 18.2 Å². The predicted octanol–water partition coefficient (Wildman–Crippen LogP) is 3.72. The number of aliphatic hydroxyl groups excluding tert-OH is 1. The Kier molecular flexibility index (Phi) is 4.77. The molecule has 4 heteroatoms. The third-order valence-corrected chi connectivity index (χ3v) is 4.54. The summed E-state index contributed by atoms with van der Waals surface area (Å²) in [7, 11) is 0. The van der Waals surface area contributed by atoms with Crippen molar-refractivity contribution in [2.75, 3.05) is 6.54 Å². The van der Waals surface area contributed by atoms with Crippen molar-refractivity contribution in [1.29, 1.82) is 0 Å². The topological polar surface area (TPSA) is 32.3 Å². The molecule has 2 nitrogen and oxygen atoms in total. The van der Waals surface area contributed by atoms with Crippen LogP contribution >= 0.6 is 11.6 Å². The molecule has 1 unspecified atom stereocenters. The first-order chi connectivity index (χ1) is 10.6. The van der Waals surface area contributed by atoms with E-state index in [-0.39, 0.29) is 17.8 Å². The molecule has 1 aliphatic rings. The second-order valence-corrected chi connectivity index (χ2v) is 6.21. The maximum atomic E-state index is 13.6. The fourth-order valence-electron chi connectivity index (χ4n) is 3.19. The number of hydrogen-bond acceptors (Lipinski definition) is 2. The number of hydrogen-bond donors (Lipinski definition) is 2. The van der Waals surface area contributed by atoms with Gasteiger partial charge in [0.15, 0.2) is 0 Å². The van der Waals surface area contributed by atoms with Gasteiger partial charge in [-0.25, -0.2) is 4.39 Å². The van der Waals surface area contributed by atoms with E-state index in [1.165, 1.54) is 12.1 Å². The van der Waals surface area contributed by atoms with Crippen molar-refractivity contribution in [2.24, 2.45) is 0 Å². The molecule has 1 saturated heterocycles. The summed E-state index contributed by atoms with van der Waals surface area (Å²) < 4.78 is 13.6. The molecule has 2 N–H and O–H groups in total. The van der Waals surface area contributed by atoms with Gasteiger partial charge in [0.05, 0.1) is 6.10 Å². The molecule has 1 fully saturated rings. The summed E-state index contributed by atoms with van der Waals surface area (Å²) in [4.78, 5) is 0. The predicted molar refractivity (Wildman–Crippen MR) is 86.7 cm³/mol. The summed E-state index contributed by atoms with van der Waals surface area (Å²) in [6.07, 6.45) is 1.38. The molecule has 1 heterocycles. The molecule has 2 aromatic rings. The minimum absolute atomic E-state index is 0.0314. The van der Waals surface area contributed by atoms with Crippen LogP contribution < -0.4 is 5.32 Å². The van der Waals surface area contributed by atoms with Crippen LogP contribution in [0.4, 0.5) is 4.39 Å². The summed E-state index contributed by atoms with van der Waals surface area (Å²) in [6.45, 7) is 0.915. The molecule has 116 valence electrons. The van der Waals surface area contributed by atoms with Crippen LogP contribution in [0, 0.1) is 5.82 Å². The average molecular weight is 320 g/mol. The van der Waals surface area contributed by atoms with E-state index in [2.05, 4.69) is 5.32 Å². The maximum Gasteiger partial charge on any atom is 0.123 e. The lowest BCUT2D eigenvalue weighted by molar-refractivity contribution is 0.119. The third-order valence-electron chi connectivity index (χ3n) is 4.29. The standard InChI is InChI=1S/C18H19ClFNO/c19-14-8-6-12(7-9-14)17(13-3-1-4-15(20)11-13)18(22)16-5-2-10-21-16/h1,3-4,6-9,11,16-18,21-22H,2,5,10H2/t16?,17-,18+/m1/s1. The van der Waals surface area contributed by atoms with Gasteiger partial charge in [-0.15, -0.1) is 0 Å². The second kappa shape index (κ2) is 6.78. The Labute approximate surface area is 134 Å². The largest absolute Gasteiger partial charge is 0.391 e. The van der Waals surface area contributed by atoms with Gasteiger partial charge in [0.25, 0.3) is 0 Å². The molecule has 22 heavy (non-hydrogen) atoms. The maximum absolute atomic E-state index is 13.6. The third kappa shape index (κ3) is 3.32. The van der Waals surface area contributed by atoms with Gasteiger partial charge in [-0.05, 0) is 54.8 Å². The summed E-state index contributed by atoms with van der Waals surface area (Å²) in [6, 6.07) is 13.9. The van der Waals surface area contributed by atoms with Crippen LogP contribution in [0.15, 0.2) is 48.5 Å². The lowest BCUT2D eigenvalue weighted by Crippen LogP contribution is -2.39. The number of halogens is 2. The molecule has 0 aromatic heterocycles. The van der Waals surface area contributed by atoms with Gasteiger partial charge in [0, 0.05) is 17.0 Å². The average Bonchev–Trinajstić information content (AvgIpc) is 3.04. The molecule has 3 atom stereocenters. The van der Waals surface area contributed by atoms with E-state index in [9.17, 15) is 9.50 Å².